The minimum Gasteiger partial charge on any atom is -0.315 e. The van der Waals surface area contributed by atoms with Gasteiger partial charge in [0.25, 0.3) is 5.69 Å². The maximum Gasteiger partial charge on any atom is 0.272 e. The Bertz CT molecular complexity index is 426. The summed E-state index contributed by atoms with van der Waals surface area (Å²) in [5, 5.41) is 14.3. The van der Waals surface area contributed by atoms with Crippen LogP contribution < -0.4 is 5.32 Å². The monoisotopic (exact) mass is 249 g/mol. The number of nitro groups is 1. The number of hydrogen-bond acceptors (Lipinski definition) is 4. The summed E-state index contributed by atoms with van der Waals surface area (Å²) in [5.41, 5.74) is 2.08. The van der Waals surface area contributed by atoms with Crippen LogP contribution in [0.3, 0.4) is 0 Å². The minimum atomic E-state index is -0.303. The molecule has 0 saturated carbocycles. The van der Waals surface area contributed by atoms with Gasteiger partial charge in [-0.2, -0.15) is 0 Å². The molecule has 1 N–H and O–H groups in total. The van der Waals surface area contributed by atoms with Crippen LogP contribution >= 0.6 is 0 Å². The molecule has 5 heteroatoms. The quantitative estimate of drug-likeness (QED) is 0.654. The van der Waals surface area contributed by atoms with E-state index in [2.05, 4.69) is 10.2 Å². The fraction of sp³-hybridized carbons (Fsp3) is 0.538. The lowest BCUT2D eigenvalue weighted by molar-refractivity contribution is -0.385. The molecular weight excluding hydrogens is 230 g/mol. The van der Waals surface area contributed by atoms with Crippen LogP contribution in [0.5, 0.6) is 0 Å². The number of benzene rings is 1. The second-order valence-corrected chi connectivity index (χ2v) is 4.70. The molecule has 0 aliphatic carbocycles. The van der Waals surface area contributed by atoms with Gasteiger partial charge in [0, 0.05) is 31.3 Å². The van der Waals surface area contributed by atoms with Crippen molar-refractivity contribution < 1.29 is 4.92 Å². The molecule has 1 fully saturated rings. The Balaban J connectivity index is 2.13. The number of nitrogens with zero attached hydrogens (tertiary/aromatic N) is 2. The lowest BCUT2D eigenvalue weighted by Gasteiger charge is -2.20. The number of rotatable bonds is 3. The summed E-state index contributed by atoms with van der Waals surface area (Å²) in [5.74, 6) is 0. The molecule has 1 aliphatic rings. The molecular formula is C13H19N3O2. The van der Waals surface area contributed by atoms with E-state index in [9.17, 15) is 10.1 Å². The Morgan fingerprint density at radius 2 is 2.22 bits per heavy atom. The van der Waals surface area contributed by atoms with Crippen molar-refractivity contribution in [3.05, 3.63) is 39.4 Å². The highest BCUT2D eigenvalue weighted by Crippen LogP contribution is 2.22. The summed E-state index contributed by atoms with van der Waals surface area (Å²) in [6.07, 6.45) is 1.13. The number of hydrogen-bond donors (Lipinski definition) is 1. The predicted molar refractivity (Wildman–Crippen MR) is 70.6 cm³/mol. The summed E-state index contributed by atoms with van der Waals surface area (Å²) in [6.45, 7) is 6.74. The summed E-state index contributed by atoms with van der Waals surface area (Å²) in [4.78, 5) is 13.0. The molecule has 98 valence electrons. The largest absolute Gasteiger partial charge is 0.315 e. The van der Waals surface area contributed by atoms with Crippen LogP contribution in [0.25, 0.3) is 0 Å². The van der Waals surface area contributed by atoms with Gasteiger partial charge in [0.05, 0.1) is 4.92 Å². The second kappa shape index (κ2) is 5.93. The van der Waals surface area contributed by atoms with Gasteiger partial charge in [-0.05, 0) is 32.0 Å². The van der Waals surface area contributed by atoms with Crippen molar-refractivity contribution in [3.8, 4) is 0 Å². The van der Waals surface area contributed by atoms with Gasteiger partial charge in [-0.1, -0.05) is 12.1 Å². The molecule has 0 radical (unpaired) electrons. The van der Waals surface area contributed by atoms with Gasteiger partial charge < -0.3 is 5.32 Å². The van der Waals surface area contributed by atoms with E-state index in [1.54, 1.807) is 12.1 Å². The first kappa shape index (κ1) is 13.0. The van der Waals surface area contributed by atoms with Crippen LogP contribution in [0.15, 0.2) is 18.2 Å². The fourth-order valence-electron chi connectivity index (χ4n) is 2.34. The SMILES string of the molecule is Cc1c(CN2CCCNCC2)cccc1[N+](=O)[O-]. The second-order valence-electron chi connectivity index (χ2n) is 4.70. The smallest absolute Gasteiger partial charge is 0.272 e. The molecule has 2 rings (SSSR count). The van der Waals surface area contributed by atoms with Crippen molar-refractivity contribution in [1.82, 2.24) is 10.2 Å². The Hall–Kier alpha value is -1.46. The van der Waals surface area contributed by atoms with Crippen molar-refractivity contribution in [1.29, 1.82) is 0 Å². The molecule has 0 bridgehead atoms. The average molecular weight is 249 g/mol. The molecule has 1 aromatic rings. The Labute approximate surface area is 107 Å². The van der Waals surface area contributed by atoms with Gasteiger partial charge in [0.15, 0.2) is 0 Å². The predicted octanol–water partition coefficient (Wildman–Crippen LogP) is 1.70. The Morgan fingerprint density at radius 3 is 3.00 bits per heavy atom. The van der Waals surface area contributed by atoms with E-state index in [-0.39, 0.29) is 10.6 Å². The lowest BCUT2D eigenvalue weighted by atomic mass is 10.1. The van der Waals surface area contributed by atoms with Crippen LogP contribution in [0.4, 0.5) is 5.69 Å². The highest BCUT2D eigenvalue weighted by molar-refractivity contribution is 5.44. The number of nitrogens with one attached hydrogen (secondary N) is 1. The van der Waals surface area contributed by atoms with Crippen molar-refractivity contribution in [2.24, 2.45) is 0 Å². The molecule has 1 aliphatic heterocycles. The first-order valence-corrected chi connectivity index (χ1v) is 6.34. The van der Waals surface area contributed by atoms with Crippen molar-refractivity contribution >= 4 is 5.69 Å². The highest BCUT2D eigenvalue weighted by Gasteiger charge is 2.16. The van der Waals surface area contributed by atoms with E-state index < -0.39 is 0 Å². The minimum absolute atomic E-state index is 0.223. The van der Waals surface area contributed by atoms with Gasteiger partial charge in [0.2, 0.25) is 0 Å². The Kier molecular flexibility index (Phi) is 4.28. The molecule has 1 saturated heterocycles. The van der Waals surface area contributed by atoms with Crippen LogP contribution in [-0.4, -0.2) is 36.0 Å². The summed E-state index contributed by atoms with van der Waals surface area (Å²) < 4.78 is 0. The van der Waals surface area contributed by atoms with E-state index in [4.69, 9.17) is 0 Å². The van der Waals surface area contributed by atoms with E-state index in [1.807, 2.05) is 13.0 Å². The van der Waals surface area contributed by atoms with Crippen molar-refractivity contribution in [2.45, 2.75) is 19.9 Å². The van der Waals surface area contributed by atoms with Crippen LogP contribution in [-0.2, 0) is 6.54 Å². The molecule has 1 aromatic carbocycles. The zero-order valence-electron chi connectivity index (χ0n) is 10.7. The third-order valence-corrected chi connectivity index (χ3v) is 3.44. The molecule has 0 spiro atoms. The molecule has 5 nitrogen and oxygen atoms in total. The fourth-order valence-corrected chi connectivity index (χ4v) is 2.34. The van der Waals surface area contributed by atoms with Gasteiger partial charge >= 0.3 is 0 Å². The van der Waals surface area contributed by atoms with E-state index in [0.717, 1.165) is 50.3 Å². The molecule has 0 amide bonds. The molecule has 1 heterocycles. The van der Waals surface area contributed by atoms with Crippen molar-refractivity contribution in [3.63, 3.8) is 0 Å². The zero-order valence-corrected chi connectivity index (χ0v) is 10.7. The van der Waals surface area contributed by atoms with Crippen LogP contribution in [0.1, 0.15) is 17.5 Å². The normalized spacial score (nSPS) is 17.4. The Morgan fingerprint density at radius 1 is 1.39 bits per heavy atom. The van der Waals surface area contributed by atoms with E-state index >= 15 is 0 Å². The first-order valence-electron chi connectivity index (χ1n) is 6.34. The van der Waals surface area contributed by atoms with E-state index in [0.29, 0.717) is 0 Å². The van der Waals surface area contributed by atoms with E-state index in [1.165, 1.54) is 0 Å². The summed E-state index contributed by atoms with van der Waals surface area (Å²) in [7, 11) is 0. The number of nitro benzene ring substituents is 1. The van der Waals surface area contributed by atoms with Crippen LogP contribution in [0, 0.1) is 17.0 Å². The summed E-state index contributed by atoms with van der Waals surface area (Å²) >= 11 is 0. The third kappa shape index (κ3) is 3.05. The average Bonchev–Trinajstić information content (AvgIpc) is 2.60. The molecule has 0 atom stereocenters. The lowest BCUT2D eigenvalue weighted by Crippen LogP contribution is -2.28. The molecule has 18 heavy (non-hydrogen) atoms. The van der Waals surface area contributed by atoms with Gasteiger partial charge in [-0.3, -0.25) is 15.0 Å². The highest BCUT2D eigenvalue weighted by atomic mass is 16.6. The maximum atomic E-state index is 10.9. The molecule has 0 unspecified atom stereocenters. The third-order valence-electron chi connectivity index (χ3n) is 3.44. The zero-order chi connectivity index (χ0) is 13.0. The van der Waals surface area contributed by atoms with Crippen LogP contribution in [0.2, 0.25) is 0 Å². The van der Waals surface area contributed by atoms with Gasteiger partial charge in [-0.25, -0.2) is 0 Å². The van der Waals surface area contributed by atoms with Gasteiger partial charge in [0.1, 0.15) is 0 Å². The summed E-state index contributed by atoms with van der Waals surface area (Å²) in [6, 6.07) is 5.33. The first-order chi connectivity index (χ1) is 8.68. The topological polar surface area (TPSA) is 58.4 Å². The van der Waals surface area contributed by atoms with Crippen molar-refractivity contribution in [2.75, 3.05) is 26.2 Å². The van der Waals surface area contributed by atoms with Gasteiger partial charge in [-0.15, -0.1) is 0 Å². The molecule has 0 aromatic heterocycles. The maximum absolute atomic E-state index is 10.9. The standard InChI is InChI=1S/C13H19N3O2/c1-11-12(4-2-5-13(11)16(17)18)10-15-8-3-6-14-7-9-15/h2,4-5,14H,3,6-10H2,1H3.